The van der Waals surface area contributed by atoms with E-state index in [-0.39, 0.29) is 5.24 Å². The van der Waals surface area contributed by atoms with Crippen molar-refractivity contribution < 1.29 is 4.79 Å². The van der Waals surface area contributed by atoms with E-state index in [1.807, 2.05) is 18.2 Å². The summed E-state index contributed by atoms with van der Waals surface area (Å²) in [6.45, 7) is 4.44. The number of aryl methyl sites for hydroxylation is 1. The highest BCUT2D eigenvalue weighted by molar-refractivity contribution is 6.67. The Morgan fingerprint density at radius 3 is 2.67 bits per heavy atom. The molecular weight excluding hydrogens is 282 g/mol. The van der Waals surface area contributed by atoms with Crippen LogP contribution in [-0.2, 0) is 0 Å². The predicted molar refractivity (Wildman–Crippen MR) is 88.1 cm³/mol. The normalized spacial score (nSPS) is 18.0. The van der Waals surface area contributed by atoms with Crippen LogP contribution in [0.3, 0.4) is 0 Å². The predicted octanol–water partition coefficient (Wildman–Crippen LogP) is 5.47. The average molecular weight is 304 g/mol. The largest absolute Gasteiger partial charge is 0.344 e. The molecular formula is C18H22ClNO. The lowest BCUT2D eigenvalue weighted by Gasteiger charge is -2.29. The molecule has 0 bridgehead atoms. The van der Waals surface area contributed by atoms with Gasteiger partial charge in [0.2, 0.25) is 0 Å². The number of benzene rings is 1. The second-order valence-corrected chi connectivity index (χ2v) is 6.71. The molecule has 21 heavy (non-hydrogen) atoms. The highest BCUT2D eigenvalue weighted by atomic mass is 35.5. The Labute approximate surface area is 131 Å². The molecule has 0 N–H and O–H groups in total. The van der Waals surface area contributed by atoms with Crippen molar-refractivity contribution in [2.75, 3.05) is 0 Å². The van der Waals surface area contributed by atoms with Gasteiger partial charge in [0.05, 0.1) is 0 Å². The van der Waals surface area contributed by atoms with E-state index in [4.69, 9.17) is 11.6 Å². The van der Waals surface area contributed by atoms with Gasteiger partial charge in [0.15, 0.2) is 0 Å². The molecule has 1 aliphatic rings. The van der Waals surface area contributed by atoms with Gasteiger partial charge in [-0.05, 0) is 61.9 Å². The Kier molecular flexibility index (Phi) is 4.08. The van der Waals surface area contributed by atoms with E-state index in [0.29, 0.717) is 11.6 Å². The Morgan fingerprint density at radius 2 is 2.00 bits per heavy atom. The lowest BCUT2D eigenvalue weighted by atomic mass is 9.84. The zero-order valence-electron chi connectivity index (χ0n) is 12.7. The van der Waals surface area contributed by atoms with Gasteiger partial charge in [-0.25, -0.2) is 0 Å². The third-order valence-electron chi connectivity index (χ3n) is 5.03. The van der Waals surface area contributed by atoms with Gasteiger partial charge in [0.25, 0.3) is 5.24 Å². The Balaban J connectivity index is 2.04. The Hall–Kier alpha value is -1.28. The fourth-order valence-electron chi connectivity index (χ4n) is 3.73. The summed E-state index contributed by atoms with van der Waals surface area (Å²) in [7, 11) is 0. The topological polar surface area (TPSA) is 22.0 Å². The molecule has 3 rings (SSSR count). The van der Waals surface area contributed by atoms with E-state index in [2.05, 4.69) is 24.6 Å². The molecule has 2 nitrogen and oxygen atoms in total. The molecule has 0 aliphatic heterocycles. The third-order valence-corrected chi connectivity index (χ3v) is 5.25. The number of carbonyl (C=O) groups is 1. The fourth-order valence-corrected chi connectivity index (χ4v) is 3.85. The second-order valence-electron chi connectivity index (χ2n) is 6.36. The highest BCUT2D eigenvalue weighted by Gasteiger charge is 2.23. The van der Waals surface area contributed by atoms with Crippen LogP contribution in [0.1, 0.15) is 61.0 Å². The Morgan fingerprint density at radius 1 is 1.29 bits per heavy atom. The number of halogens is 1. The number of nitrogens with zero attached hydrogens (tertiary/aromatic N) is 1. The lowest BCUT2D eigenvalue weighted by Crippen LogP contribution is -2.18. The van der Waals surface area contributed by atoms with E-state index in [0.717, 1.165) is 11.4 Å². The van der Waals surface area contributed by atoms with Crippen LogP contribution >= 0.6 is 11.6 Å². The minimum Gasteiger partial charge on any atom is -0.344 e. The molecule has 1 aromatic heterocycles. The van der Waals surface area contributed by atoms with Crippen molar-refractivity contribution in [2.24, 2.45) is 5.92 Å². The van der Waals surface area contributed by atoms with Gasteiger partial charge in [-0.3, -0.25) is 4.79 Å². The van der Waals surface area contributed by atoms with Crippen molar-refractivity contribution in [3.05, 3.63) is 35.5 Å². The number of hydrogen-bond donors (Lipinski definition) is 0. The van der Waals surface area contributed by atoms with Crippen LogP contribution in [0.4, 0.5) is 0 Å². The van der Waals surface area contributed by atoms with E-state index < -0.39 is 0 Å². The third kappa shape index (κ3) is 2.74. The number of hydrogen-bond acceptors (Lipinski definition) is 1. The number of carbonyl (C=O) groups excluding carboxylic acids is 1. The first-order chi connectivity index (χ1) is 10.1. The number of rotatable bonds is 3. The average Bonchev–Trinajstić information content (AvgIpc) is 2.84. The minimum atomic E-state index is -0.382. The van der Waals surface area contributed by atoms with Crippen molar-refractivity contribution in [3.63, 3.8) is 0 Å². The van der Waals surface area contributed by atoms with E-state index in [9.17, 15) is 4.79 Å². The number of fused-ring (bicyclic) bond motifs is 1. The van der Waals surface area contributed by atoms with Gasteiger partial charge < -0.3 is 4.57 Å². The maximum atomic E-state index is 11.4. The maximum absolute atomic E-state index is 11.4. The standard InChI is InChI=1S/C18H22ClNO/c1-12-11-20(13(2)14-6-4-3-5-7-14)17-10-15(18(19)21)8-9-16(12)17/h8-11,13-14H,3-7H2,1-2H3. The first-order valence-electron chi connectivity index (χ1n) is 7.89. The van der Waals surface area contributed by atoms with Gasteiger partial charge >= 0.3 is 0 Å². The van der Waals surface area contributed by atoms with Crippen LogP contribution in [0.2, 0.25) is 0 Å². The summed E-state index contributed by atoms with van der Waals surface area (Å²) in [4.78, 5) is 11.4. The number of aromatic nitrogens is 1. The van der Waals surface area contributed by atoms with E-state index >= 15 is 0 Å². The molecule has 2 aromatic rings. The summed E-state index contributed by atoms with van der Waals surface area (Å²) in [5.41, 5.74) is 2.98. The van der Waals surface area contributed by atoms with Gasteiger partial charge in [-0.15, -0.1) is 0 Å². The molecule has 1 aromatic carbocycles. The summed E-state index contributed by atoms with van der Waals surface area (Å²) in [5, 5.41) is 0.840. The van der Waals surface area contributed by atoms with Crippen LogP contribution in [-0.4, -0.2) is 9.81 Å². The van der Waals surface area contributed by atoms with E-state index in [1.54, 1.807) is 0 Å². The monoisotopic (exact) mass is 303 g/mol. The molecule has 0 saturated heterocycles. The minimum absolute atomic E-state index is 0.382. The van der Waals surface area contributed by atoms with Gasteiger partial charge in [-0.1, -0.05) is 25.3 Å². The van der Waals surface area contributed by atoms with Crippen LogP contribution in [0, 0.1) is 12.8 Å². The van der Waals surface area contributed by atoms with Crippen molar-refractivity contribution in [1.82, 2.24) is 4.57 Å². The molecule has 1 fully saturated rings. The summed E-state index contributed by atoms with van der Waals surface area (Å²) < 4.78 is 2.35. The van der Waals surface area contributed by atoms with Gasteiger partial charge in [0, 0.05) is 28.7 Å². The van der Waals surface area contributed by atoms with Gasteiger partial charge in [0.1, 0.15) is 0 Å². The van der Waals surface area contributed by atoms with Crippen molar-refractivity contribution >= 4 is 27.7 Å². The summed E-state index contributed by atoms with van der Waals surface area (Å²) >= 11 is 5.64. The lowest BCUT2D eigenvalue weighted by molar-refractivity contribution is 0.108. The van der Waals surface area contributed by atoms with Crippen LogP contribution < -0.4 is 0 Å². The first-order valence-corrected chi connectivity index (χ1v) is 8.26. The molecule has 0 spiro atoms. The Bertz CT molecular complexity index is 667. The second kappa shape index (κ2) is 5.84. The molecule has 1 unspecified atom stereocenters. The molecule has 112 valence electrons. The van der Waals surface area contributed by atoms with Crippen LogP contribution in [0.5, 0.6) is 0 Å². The summed E-state index contributed by atoms with van der Waals surface area (Å²) in [6, 6.07) is 6.25. The SMILES string of the molecule is Cc1cn(C(C)C2CCCCC2)c2cc(C(=O)Cl)ccc12. The molecule has 0 amide bonds. The zero-order chi connectivity index (χ0) is 15.0. The van der Waals surface area contributed by atoms with Crippen molar-refractivity contribution in [2.45, 2.75) is 52.0 Å². The maximum Gasteiger partial charge on any atom is 0.252 e. The fraction of sp³-hybridized carbons (Fsp3) is 0.500. The summed E-state index contributed by atoms with van der Waals surface area (Å²) in [5.74, 6) is 0.740. The zero-order valence-corrected chi connectivity index (χ0v) is 13.5. The van der Waals surface area contributed by atoms with Gasteiger partial charge in [-0.2, -0.15) is 0 Å². The van der Waals surface area contributed by atoms with Crippen molar-refractivity contribution in [1.29, 1.82) is 0 Å². The van der Waals surface area contributed by atoms with Crippen LogP contribution in [0.25, 0.3) is 10.9 Å². The quantitative estimate of drug-likeness (QED) is 0.689. The summed E-state index contributed by atoms with van der Waals surface area (Å²) in [6.07, 6.45) is 8.92. The molecule has 3 heteroatoms. The highest BCUT2D eigenvalue weighted by Crippen LogP contribution is 2.35. The molecule has 1 heterocycles. The molecule has 1 saturated carbocycles. The molecule has 1 atom stereocenters. The van der Waals surface area contributed by atoms with Crippen LogP contribution in [0.15, 0.2) is 24.4 Å². The molecule has 1 aliphatic carbocycles. The first kappa shape index (κ1) is 14.6. The smallest absolute Gasteiger partial charge is 0.252 e. The van der Waals surface area contributed by atoms with E-state index in [1.165, 1.54) is 43.1 Å². The van der Waals surface area contributed by atoms with Crippen molar-refractivity contribution in [3.8, 4) is 0 Å². The molecule has 0 radical (unpaired) electrons.